The third kappa shape index (κ3) is 4.94. The van der Waals surface area contributed by atoms with Crippen LogP contribution in [0.4, 0.5) is 5.69 Å². The first kappa shape index (κ1) is 15.0. The molecule has 106 valence electrons. The van der Waals surface area contributed by atoms with E-state index in [2.05, 4.69) is 31.7 Å². The van der Waals surface area contributed by atoms with Crippen LogP contribution < -0.4 is 10.6 Å². The molecule has 1 heterocycles. The maximum Gasteiger partial charge on any atom is 0.170 e. The minimum absolute atomic E-state index is 0.643. The van der Waals surface area contributed by atoms with Gasteiger partial charge in [0.1, 0.15) is 0 Å². The largest absolute Gasteiger partial charge is 0.362 e. The molecule has 2 aromatic rings. The van der Waals surface area contributed by atoms with Crippen LogP contribution in [-0.4, -0.2) is 21.4 Å². The van der Waals surface area contributed by atoms with Gasteiger partial charge in [-0.2, -0.15) is 5.10 Å². The van der Waals surface area contributed by atoms with Crippen molar-refractivity contribution in [3.05, 3.63) is 46.7 Å². The Morgan fingerprint density at radius 1 is 1.30 bits per heavy atom. The molecule has 1 aromatic heterocycles. The van der Waals surface area contributed by atoms with Crippen molar-refractivity contribution in [2.45, 2.75) is 19.9 Å². The van der Waals surface area contributed by atoms with Crippen molar-refractivity contribution in [3.63, 3.8) is 0 Å². The Morgan fingerprint density at radius 3 is 2.70 bits per heavy atom. The van der Waals surface area contributed by atoms with Gasteiger partial charge >= 0.3 is 0 Å². The van der Waals surface area contributed by atoms with Crippen LogP contribution in [0.3, 0.4) is 0 Å². The van der Waals surface area contributed by atoms with Crippen molar-refractivity contribution < 1.29 is 0 Å². The van der Waals surface area contributed by atoms with Crippen molar-refractivity contribution in [2.75, 3.05) is 11.9 Å². The summed E-state index contributed by atoms with van der Waals surface area (Å²) in [4.78, 5) is 0. The van der Waals surface area contributed by atoms with E-state index in [9.17, 15) is 0 Å². The number of hydrogen-bond acceptors (Lipinski definition) is 2. The van der Waals surface area contributed by atoms with E-state index in [0.717, 1.165) is 35.4 Å². The predicted molar refractivity (Wildman–Crippen MR) is 89.9 cm³/mol. The van der Waals surface area contributed by atoms with Crippen molar-refractivity contribution >= 4 is 38.9 Å². The van der Waals surface area contributed by atoms with E-state index in [1.807, 2.05) is 48.1 Å². The smallest absolute Gasteiger partial charge is 0.170 e. The SMILES string of the molecule is Cc1ccn(CCCNC(=S)Nc2ccc(Br)cc2)n1. The molecule has 0 atom stereocenters. The maximum absolute atomic E-state index is 5.25. The molecule has 6 heteroatoms. The summed E-state index contributed by atoms with van der Waals surface area (Å²) in [5.41, 5.74) is 2.03. The van der Waals surface area contributed by atoms with E-state index in [0.29, 0.717) is 5.11 Å². The number of nitrogens with zero attached hydrogens (tertiary/aromatic N) is 2. The summed E-state index contributed by atoms with van der Waals surface area (Å²) in [6.45, 7) is 3.70. The number of aryl methyl sites for hydroxylation is 2. The Labute approximate surface area is 132 Å². The fraction of sp³-hybridized carbons (Fsp3) is 0.286. The third-order valence-corrected chi connectivity index (χ3v) is 3.50. The number of thiocarbonyl (C=S) groups is 1. The minimum Gasteiger partial charge on any atom is -0.362 e. The first-order valence-corrected chi connectivity index (χ1v) is 7.64. The Hall–Kier alpha value is -1.40. The number of hydrogen-bond donors (Lipinski definition) is 2. The van der Waals surface area contributed by atoms with Crippen LogP contribution in [0.5, 0.6) is 0 Å². The van der Waals surface area contributed by atoms with Gasteiger partial charge in [0, 0.05) is 29.4 Å². The lowest BCUT2D eigenvalue weighted by molar-refractivity contribution is 0.570. The Morgan fingerprint density at radius 2 is 2.05 bits per heavy atom. The maximum atomic E-state index is 5.25. The summed E-state index contributed by atoms with van der Waals surface area (Å²) < 4.78 is 3.00. The molecule has 0 aliphatic rings. The monoisotopic (exact) mass is 352 g/mol. The molecular formula is C14H17BrN4S. The highest BCUT2D eigenvalue weighted by Crippen LogP contribution is 2.13. The number of nitrogens with one attached hydrogen (secondary N) is 2. The first-order chi connectivity index (χ1) is 9.63. The number of anilines is 1. The van der Waals surface area contributed by atoms with Gasteiger partial charge in [0.15, 0.2) is 5.11 Å². The molecule has 0 aliphatic carbocycles. The molecule has 2 rings (SSSR count). The van der Waals surface area contributed by atoms with Crippen molar-refractivity contribution in [1.29, 1.82) is 0 Å². The summed E-state index contributed by atoms with van der Waals surface area (Å²) in [6, 6.07) is 9.91. The number of aromatic nitrogens is 2. The minimum atomic E-state index is 0.643. The zero-order chi connectivity index (χ0) is 14.4. The molecule has 0 unspecified atom stereocenters. The van der Waals surface area contributed by atoms with Crippen LogP contribution in [0, 0.1) is 6.92 Å². The Bertz CT molecular complexity index is 565. The van der Waals surface area contributed by atoms with Gasteiger partial charge in [-0.15, -0.1) is 0 Å². The van der Waals surface area contributed by atoms with Gasteiger partial charge in [-0.1, -0.05) is 15.9 Å². The fourth-order valence-corrected chi connectivity index (χ4v) is 2.22. The average molecular weight is 353 g/mol. The van der Waals surface area contributed by atoms with Gasteiger partial charge < -0.3 is 10.6 Å². The second-order valence-electron chi connectivity index (χ2n) is 4.46. The highest BCUT2D eigenvalue weighted by molar-refractivity contribution is 9.10. The lowest BCUT2D eigenvalue weighted by atomic mass is 10.3. The van der Waals surface area contributed by atoms with E-state index in [-0.39, 0.29) is 0 Å². The van der Waals surface area contributed by atoms with Gasteiger partial charge in [0.2, 0.25) is 0 Å². The number of rotatable bonds is 5. The molecule has 2 N–H and O–H groups in total. The summed E-state index contributed by atoms with van der Waals surface area (Å²) in [5, 5.41) is 11.3. The van der Waals surface area contributed by atoms with E-state index < -0.39 is 0 Å². The van der Waals surface area contributed by atoms with Crippen LogP contribution >= 0.6 is 28.1 Å². The number of halogens is 1. The zero-order valence-corrected chi connectivity index (χ0v) is 13.7. The Balaban J connectivity index is 1.66. The molecule has 0 radical (unpaired) electrons. The average Bonchev–Trinajstić information content (AvgIpc) is 2.83. The standard InChI is InChI=1S/C14H17BrN4S/c1-11-7-10-19(18-11)9-2-8-16-14(20)17-13-5-3-12(15)4-6-13/h3-7,10H,2,8-9H2,1H3,(H2,16,17,20). The lowest BCUT2D eigenvalue weighted by Crippen LogP contribution is -2.29. The van der Waals surface area contributed by atoms with E-state index in [4.69, 9.17) is 12.2 Å². The van der Waals surface area contributed by atoms with Crippen LogP contribution in [0.15, 0.2) is 41.0 Å². The zero-order valence-electron chi connectivity index (χ0n) is 11.3. The molecule has 4 nitrogen and oxygen atoms in total. The van der Waals surface area contributed by atoms with Crippen molar-refractivity contribution in [1.82, 2.24) is 15.1 Å². The molecule has 0 spiro atoms. The van der Waals surface area contributed by atoms with E-state index in [1.165, 1.54) is 0 Å². The van der Waals surface area contributed by atoms with E-state index in [1.54, 1.807) is 0 Å². The van der Waals surface area contributed by atoms with Crippen LogP contribution in [0.1, 0.15) is 12.1 Å². The van der Waals surface area contributed by atoms with Crippen LogP contribution in [0.2, 0.25) is 0 Å². The molecule has 0 aliphatic heterocycles. The first-order valence-electron chi connectivity index (χ1n) is 6.44. The normalized spacial score (nSPS) is 10.3. The molecule has 20 heavy (non-hydrogen) atoms. The summed E-state index contributed by atoms with van der Waals surface area (Å²) in [5.74, 6) is 0. The molecule has 0 saturated heterocycles. The fourth-order valence-electron chi connectivity index (χ4n) is 1.74. The van der Waals surface area contributed by atoms with Crippen molar-refractivity contribution in [2.24, 2.45) is 0 Å². The summed E-state index contributed by atoms with van der Waals surface area (Å²) >= 11 is 8.65. The molecule has 0 bridgehead atoms. The van der Waals surface area contributed by atoms with Crippen molar-refractivity contribution in [3.8, 4) is 0 Å². The van der Waals surface area contributed by atoms with Gasteiger partial charge in [-0.05, 0) is 55.9 Å². The number of benzene rings is 1. The van der Waals surface area contributed by atoms with Gasteiger partial charge in [0.25, 0.3) is 0 Å². The summed E-state index contributed by atoms with van der Waals surface area (Å²) in [7, 11) is 0. The highest BCUT2D eigenvalue weighted by Gasteiger charge is 1.98. The van der Waals surface area contributed by atoms with E-state index >= 15 is 0 Å². The second kappa shape index (κ2) is 7.40. The summed E-state index contributed by atoms with van der Waals surface area (Å²) in [6.07, 6.45) is 2.97. The van der Waals surface area contributed by atoms with Crippen LogP contribution in [-0.2, 0) is 6.54 Å². The molecule has 1 aromatic carbocycles. The predicted octanol–water partition coefficient (Wildman–Crippen LogP) is 3.33. The lowest BCUT2D eigenvalue weighted by Gasteiger charge is -2.10. The highest BCUT2D eigenvalue weighted by atomic mass is 79.9. The molecule has 0 amide bonds. The third-order valence-electron chi connectivity index (χ3n) is 2.73. The Kier molecular flexibility index (Phi) is 5.55. The second-order valence-corrected chi connectivity index (χ2v) is 5.79. The molecule has 0 saturated carbocycles. The topological polar surface area (TPSA) is 41.9 Å². The molecule has 0 fully saturated rings. The quantitative estimate of drug-likeness (QED) is 0.639. The van der Waals surface area contributed by atoms with Gasteiger partial charge in [0.05, 0.1) is 5.69 Å². The van der Waals surface area contributed by atoms with Gasteiger partial charge in [-0.25, -0.2) is 0 Å². The molecular weight excluding hydrogens is 336 g/mol. The van der Waals surface area contributed by atoms with Crippen LogP contribution in [0.25, 0.3) is 0 Å². The van der Waals surface area contributed by atoms with Gasteiger partial charge in [-0.3, -0.25) is 4.68 Å².